The summed E-state index contributed by atoms with van der Waals surface area (Å²) in [7, 11) is 0. The number of aliphatic hydroxyl groups excluding tert-OH is 1. The van der Waals surface area contributed by atoms with E-state index in [1.807, 2.05) is 28.8 Å². The van der Waals surface area contributed by atoms with Crippen LogP contribution in [0.4, 0.5) is 0 Å². The summed E-state index contributed by atoms with van der Waals surface area (Å²) in [4.78, 5) is 15.0. The lowest BCUT2D eigenvalue weighted by molar-refractivity contribution is 0.0696. The van der Waals surface area contributed by atoms with Crippen LogP contribution >= 0.6 is 0 Å². The zero-order chi connectivity index (χ0) is 16.2. The molecule has 0 bridgehead atoms. The average Bonchev–Trinajstić information content (AvgIpc) is 2.96. The number of hydrogen-bond acceptors (Lipinski definition) is 4. The minimum atomic E-state index is -0.983. The maximum absolute atomic E-state index is 10.8. The van der Waals surface area contributed by atoms with Crippen LogP contribution < -0.4 is 4.74 Å². The molecular formula is C17H16N2O4. The van der Waals surface area contributed by atoms with Crippen molar-refractivity contribution < 1.29 is 19.7 Å². The van der Waals surface area contributed by atoms with Crippen LogP contribution in [0, 0.1) is 0 Å². The van der Waals surface area contributed by atoms with Gasteiger partial charge in [-0.15, -0.1) is 0 Å². The largest absolute Gasteiger partial charge is 0.491 e. The predicted molar refractivity (Wildman–Crippen MR) is 84.6 cm³/mol. The van der Waals surface area contributed by atoms with Gasteiger partial charge in [-0.3, -0.25) is 0 Å². The standard InChI is InChI=1S/C17H16N2O4/c20-13(9-19-11-18-15-3-1-2-4-16(15)19)10-23-14-7-5-12(6-8-14)17(21)22/h1-8,11,13,20H,9-10H2,(H,21,22)/t13-/m1/s1. The molecule has 0 unspecified atom stereocenters. The first-order valence-corrected chi connectivity index (χ1v) is 7.17. The first-order chi connectivity index (χ1) is 11.1. The van der Waals surface area contributed by atoms with Crippen LogP contribution in [0.25, 0.3) is 11.0 Å². The lowest BCUT2D eigenvalue weighted by Gasteiger charge is -2.13. The molecule has 3 aromatic rings. The Labute approximate surface area is 132 Å². The zero-order valence-electron chi connectivity index (χ0n) is 12.3. The SMILES string of the molecule is O=C(O)c1ccc(OC[C@H](O)Cn2cnc3ccccc32)cc1. The number of nitrogens with zero attached hydrogens (tertiary/aromatic N) is 2. The smallest absolute Gasteiger partial charge is 0.335 e. The Morgan fingerprint density at radius 1 is 1.17 bits per heavy atom. The van der Waals surface area contributed by atoms with Crippen molar-refractivity contribution >= 4 is 17.0 Å². The topological polar surface area (TPSA) is 84.6 Å². The van der Waals surface area contributed by atoms with E-state index in [0.29, 0.717) is 12.3 Å². The number of carboxylic acid groups (broad SMARTS) is 1. The average molecular weight is 312 g/mol. The summed E-state index contributed by atoms with van der Waals surface area (Å²) in [5.74, 6) is -0.465. The van der Waals surface area contributed by atoms with Crippen molar-refractivity contribution in [3.05, 3.63) is 60.4 Å². The molecule has 6 heteroatoms. The highest BCUT2D eigenvalue weighted by Gasteiger charge is 2.10. The zero-order valence-corrected chi connectivity index (χ0v) is 12.3. The number of fused-ring (bicyclic) bond motifs is 1. The molecule has 1 atom stereocenters. The fourth-order valence-electron chi connectivity index (χ4n) is 2.32. The van der Waals surface area contributed by atoms with E-state index >= 15 is 0 Å². The van der Waals surface area contributed by atoms with Crippen LogP contribution in [0.1, 0.15) is 10.4 Å². The van der Waals surface area contributed by atoms with Crippen LogP contribution in [0.15, 0.2) is 54.9 Å². The maximum Gasteiger partial charge on any atom is 0.335 e. The Balaban J connectivity index is 1.59. The van der Waals surface area contributed by atoms with E-state index in [-0.39, 0.29) is 12.2 Å². The summed E-state index contributed by atoms with van der Waals surface area (Å²) >= 11 is 0. The summed E-state index contributed by atoms with van der Waals surface area (Å²) in [5.41, 5.74) is 2.03. The van der Waals surface area contributed by atoms with Gasteiger partial charge in [0.15, 0.2) is 0 Å². The number of hydrogen-bond donors (Lipinski definition) is 2. The summed E-state index contributed by atoms with van der Waals surface area (Å²) in [6.07, 6.45) is 0.988. The molecule has 118 valence electrons. The number of aromatic carboxylic acids is 1. The molecular weight excluding hydrogens is 296 g/mol. The maximum atomic E-state index is 10.8. The quantitative estimate of drug-likeness (QED) is 0.729. The monoisotopic (exact) mass is 312 g/mol. The van der Waals surface area contributed by atoms with Gasteiger partial charge in [0.1, 0.15) is 18.5 Å². The number of aliphatic hydroxyl groups is 1. The molecule has 0 saturated heterocycles. The van der Waals surface area contributed by atoms with Crippen molar-refractivity contribution in [2.75, 3.05) is 6.61 Å². The number of ether oxygens (including phenoxy) is 1. The third-order valence-electron chi connectivity index (χ3n) is 3.48. The van der Waals surface area contributed by atoms with Crippen LogP contribution in [0.2, 0.25) is 0 Å². The van der Waals surface area contributed by atoms with E-state index in [2.05, 4.69) is 4.98 Å². The first-order valence-electron chi connectivity index (χ1n) is 7.17. The number of para-hydroxylation sites is 2. The lowest BCUT2D eigenvalue weighted by Crippen LogP contribution is -2.23. The highest BCUT2D eigenvalue weighted by Crippen LogP contribution is 2.14. The summed E-state index contributed by atoms with van der Waals surface area (Å²) in [5, 5.41) is 19.0. The van der Waals surface area contributed by atoms with Gasteiger partial charge in [0, 0.05) is 0 Å². The van der Waals surface area contributed by atoms with E-state index < -0.39 is 12.1 Å². The number of aromatic nitrogens is 2. The third kappa shape index (κ3) is 3.49. The molecule has 2 N–H and O–H groups in total. The fraction of sp³-hybridized carbons (Fsp3) is 0.176. The van der Waals surface area contributed by atoms with Gasteiger partial charge in [-0.2, -0.15) is 0 Å². The molecule has 0 radical (unpaired) electrons. The fourth-order valence-corrected chi connectivity index (χ4v) is 2.32. The van der Waals surface area contributed by atoms with Gasteiger partial charge in [-0.25, -0.2) is 9.78 Å². The van der Waals surface area contributed by atoms with Gasteiger partial charge in [0.2, 0.25) is 0 Å². The molecule has 0 aliphatic carbocycles. The summed E-state index contributed by atoms with van der Waals surface area (Å²) < 4.78 is 7.36. The number of rotatable bonds is 6. The van der Waals surface area contributed by atoms with Crippen LogP contribution in [-0.4, -0.2) is 38.4 Å². The highest BCUT2D eigenvalue weighted by atomic mass is 16.5. The minimum Gasteiger partial charge on any atom is -0.491 e. The molecule has 1 heterocycles. The Bertz CT molecular complexity index is 811. The molecule has 23 heavy (non-hydrogen) atoms. The van der Waals surface area contributed by atoms with E-state index in [0.717, 1.165) is 11.0 Å². The molecule has 0 aliphatic rings. The van der Waals surface area contributed by atoms with Gasteiger partial charge in [-0.05, 0) is 36.4 Å². The molecule has 3 rings (SSSR count). The number of carbonyl (C=O) groups is 1. The molecule has 2 aromatic carbocycles. The van der Waals surface area contributed by atoms with Gasteiger partial charge >= 0.3 is 5.97 Å². The second kappa shape index (κ2) is 6.50. The van der Waals surface area contributed by atoms with E-state index in [1.165, 1.54) is 12.1 Å². The third-order valence-corrected chi connectivity index (χ3v) is 3.48. The van der Waals surface area contributed by atoms with E-state index in [1.54, 1.807) is 18.5 Å². The molecule has 0 aliphatic heterocycles. The van der Waals surface area contributed by atoms with Crippen molar-refractivity contribution in [1.29, 1.82) is 0 Å². The van der Waals surface area contributed by atoms with Crippen molar-refractivity contribution in [1.82, 2.24) is 9.55 Å². The Morgan fingerprint density at radius 3 is 2.65 bits per heavy atom. The van der Waals surface area contributed by atoms with E-state index in [4.69, 9.17) is 9.84 Å². The minimum absolute atomic E-state index is 0.110. The Hall–Kier alpha value is -2.86. The second-order valence-electron chi connectivity index (χ2n) is 5.18. The Kier molecular flexibility index (Phi) is 4.25. The second-order valence-corrected chi connectivity index (χ2v) is 5.18. The molecule has 0 spiro atoms. The van der Waals surface area contributed by atoms with E-state index in [9.17, 15) is 9.90 Å². The lowest BCUT2D eigenvalue weighted by atomic mass is 10.2. The normalized spacial score (nSPS) is 12.2. The van der Waals surface area contributed by atoms with Crippen molar-refractivity contribution in [3.63, 3.8) is 0 Å². The van der Waals surface area contributed by atoms with Crippen LogP contribution in [0.5, 0.6) is 5.75 Å². The van der Waals surface area contributed by atoms with Crippen LogP contribution in [0.3, 0.4) is 0 Å². The molecule has 0 amide bonds. The van der Waals surface area contributed by atoms with Gasteiger partial charge < -0.3 is 19.5 Å². The highest BCUT2D eigenvalue weighted by molar-refractivity contribution is 5.87. The molecule has 6 nitrogen and oxygen atoms in total. The van der Waals surface area contributed by atoms with Crippen LogP contribution in [-0.2, 0) is 6.54 Å². The van der Waals surface area contributed by atoms with Gasteiger partial charge in [-0.1, -0.05) is 12.1 Å². The van der Waals surface area contributed by atoms with Crippen molar-refractivity contribution in [3.8, 4) is 5.75 Å². The van der Waals surface area contributed by atoms with Gasteiger partial charge in [0.05, 0.1) is 29.5 Å². The summed E-state index contributed by atoms with van der Waals surface area (Å²) in [6, 6.07) is 13.8. The summed E-state index contributed by atoms with van der Waals surface area (Å²) in [6.45, 7) is 0.479. The van der Waals surface area contributed by atoms with Gasteiger partial charge in [0.25, 0.3) is 0 Å². The molecule has 0 saturated carbocycles. The number of imidazole rings is 1. The Morgan fingerprint density at radius 2 is 1.91 bits per heavy atom. The van der Waals surface area contributed by atoms with Crippen molar-refractivity contribution in [2.24, 2.45) is 0 Å². The predicted octanol–water partition coefficient (Wildman–Crippen LogP) is 2.17. The molecule has 1 aromatic heterocycles. The number of benzene rings is 2. The van der Waals surface area contributed by atoms with Crippen molar-refractivity contribution in [2.45, 2.75) is 12.6 Å². The first kappa shape index (κ1) is 15.1. The number of carboxylic acids is 1. The molecule has 0 fully saturated rings.